The van der Waals surface area contributed by atoms with E-state index in [-0.39, 0.29) is 17.9 Å². The van der Waals surface area contributed by atoms with Crippen LogP contribution in [0.3, 0.4) is 0 Å². The molecule has 5 heteroatoms. The summed E-state index contributed by atoms with van der Waals surface area (Å²) in [6.45, 7) is 7.90. The Kier molecular flexibility index (Phi) is 5.93. The number of benzene rings is 2. The van der Waals surface area contributed by atoms with Crippen molar-refractivity contribution in [2.45, 2.75) is 39.7 Å². The molecular weight excluding hydrogens is 328 g/mol. The number of hydrogen-bond acceptors (Lipinski definition) is 3. The van der Waals surface area contributed by atoms with Crippen LogP contribution >= 0.6 is 0 Å². The lowest BCUT2D eigenvalue weighted by Gasteiger charge is -2.18. The van der Waals surface area contributed by atoms with Gasteiger partial charge in [0, 0.05) is 24.7 Å². The number of nitrogens with one attached hydrogen (secondary N) is 2. The molecule has 0 saturated carbocycles. The summed E-state index contributed by atoms with van der Waals surface area (Å²) in [4.78, 5) is 35.5. The van der Waals surface area contributed by atoms with Gasteiger partial charge in [-0.1, -0.05) is 57.2 Å². The van der Waals surface area contributed by atoms with Gasteiger partial charge in [0.25, 0.3) is 5.91 Å². The Morgan fingerprint density at radius 2 is 1.62 bits per heavy atom. The highest BCUT2D eigenvalue weighted by Crippen LogP contribution is 2.22. The Balaban J connectivity index is 1.99. The largest absolute Gasteiger partial charge is 0.345 e. The van der Waals surface area contributed by atoms with Crippen LogP contribution in [-0.2, 0) is 21.5 Å². The van der Waals surface area contributed by atoms with Crippen molar-refractivity contribution >= 4 is 23.3 Å². The van der Waals surface area contributed by atoms with Crippen molar-refractivity contribution < 1.29 is 14.4 Å². The summed E-state index contributed by atoms with van der Waals surface area (Å²) in [5.74, 6) is -1.39. The number of carbonyl (C=O) groups excluding carboxylic acids is 3. The lowest BCUT2D eigenvalue weighted by molar-refractivity contribution is -0.117. The third-order valence-corrected chi connectivity index (χ3v) is 3.92. The molecule has 136 valence electrons. The fourth-order valence-electron chi connectivity index (χ4n) is 2.48. The Morgan fingerprint density at radius 1 is 0.962 bits per heavy atom. The summed E-state index contributed by atoms with van der Waals surface area (Å²) in [7, 11) is 0. The maximum absolute atomic E-state index is 12.3. The molecule has 0 radical (unpaired) electrons. The van der Waals surface area contributed by atoms with E-state index in [1.165, 1.54) is 6.92 Å². The van der Waals surface area contributed by atoms with E-state index in [1.54, 1.807) is 30.3 Å². The smallest absolute Gasteiger partial charge is 0.292 e. The second-order valence-electron chi connectivity index (χ2n) is 7.22. The van der Waals surface area contributed by atoms with Crippen LogP contribution in [-0.4, -0.2) is 17.6 Å². The van der Waals surface area contributed by atoms with Crippen molar-refractivity contribution in [3.63, 3.8) is 0 Å². The lowest BCUT2D eigenvalue weighted by Crippen LogP contribution is -2.30. The van der Waals surface area contributed by atoms with Gasteiger partial charge in [0.1, 0.15) is 0 Å². The second kappa shape index (κ2) is 7.95. The summed E-state index contributed by atoms with van der Waals surface area (Å²) in [6, 6.07) is 14.2. The van der Waals surface area contributed by atoms with E-state index in [4.69, 9.17) is 0 Å². The van der Waals surface area contributed by atoms with Crippen molar-refractivity contribution in [1.29, 1.82) is 0 Å². The molecule has 2 aromatic rings. The first-order chi connectivity index (χ1) is 12.2. The molecule has 0 aliphatic rings. The molecule has 0 heterocycles. The third kappa shape index (κ3) is 5.28. The highest BCUT2D eigenvalue weighted by Gasteiger charge is 2.18. The molecular formula is C21H24N2O3. The maximum atomic E-state index is 12.3. The van der Waals surface area contributed by atoms with E-state index < -0.39 is 11.7 Å². The normalized spacial score (nSPS) is 10.9. The Bertz CT molecular complexity index is 818. The average molecular weight is 352 g/mol. The quantitative estimate of drug-likeness (QED) is 0.639. The Morgan fingerprint density at radius 3 is 2.19 bits per heavy atom. The zero-order valence-electron chi connectivity index (χ0n) is 15.6. The summed E-state index contributed by atoms with van der Waals surface area (Å²) in [6.07, 6.45) is 0. The molecule has 0 aromatic heterocycles. The van der Waals surface area contributed by atoms with Gasteiger partial charge in [-0.2, -0.15) is 0 Å². The Hall–Kier alpha value is -2.95. The van der Waals surface area contributed by atoms with Gasteiger partial charge in [-0.25, -0.2) is 0 Å². The van der Waals surface area contributed by atoms with Crippen LogP contribution in [0.15, 0.2) is 48.5 Å². The number of amides is 2. The van der Waals surface area contributed by atoms with E-state index in [0.29, 0.717) is 11.3 Å². The zero-order valence-corrected chi connectivity index (χ0v) is 15.6. The molecule has 0 aliphatic heterocycles. The van der Waals surface area contributed by atoms with Crippen molar-refractivity contribution in [3.05, 3.63) is 65.2 Å². The molecule has 0 atom stereocenters. The zero-order chi connectivity index (χ0) is 19.3. The molecule has 0 bridgehead atoms. The predicted molar refractivity (Wildman–Crippen MR) is 102 cm³/mol. The monoisotopic (exact) mass is 352 g/mol. The molecule has 5 nitrogen and oxygen atoms in total. The first kappa shape index (κ1) is 19.4. The number of anilines is 1. The van der Waals surface area contributed by atoms with Gasteiger partial charge in [0.15, 0.2) is 0 Å². The van der Waals surface area contributed by atoms with Crippen molar-refractivity contribution in [1.82, 2.24) is 5.32 Å². The number of Topliss-reactive ketones (excluding diaryl/α,β-unsaturated/α-hetero) is 1. The topological polar surface area (TPSA) is 75.3 Å². The van der Waals surface area contributed by atoms with Gasteiger partial charge in [0.05, 0.1) is 0 Å². The van der Waals surface area contributed by atoms with Crippen molar-refractivity contribution in [3.8, 4) is 0 Å². The van der Waals surface area contributed by atoms with Gasteiger partial charge < -0.3 is 10.6 Å². The molecule has 0 spiro atoms. The van der Waals surface area contributed by atoms with E-state index >= 15 is 0 Å². The molecule has 0 fully saturated rings. The summed E-state index contributed by atoms with van der Waals surface area (Å²) >= 11 is 0. The van der Waals surface area contributed by atoms with Crippen LogP contribution in [0, 0.1) is 0 Å². The van der Waals surface area contributed by atoms with Crippen LogP contribution in [0.25, 0.3) is 0 Å². The minimum Gasteiger partial charge on any atom is -0.345 e. The van der Waals surface area contributed by atoms with Crippen LogP contribution in [0.5, 0.6) is 0 Å². The molecule has 2 amide bonds. The van der Waals surface area contributed by atoms with Crippen molar-refractivity contribution in [2.24, 2.45) is 0 Å². The van der Waals surface area contributed by atoms with Crippen LogP contribution in [0.2, 0.25) is 0 Å². The molecule has 0 aliphatic carbocycles. The minimum atomic E-state index is -0.654. The first-order valence-electron chi connectivity index (χ1n) is 8.46. The number of carbonyl (C=O) groups is 3. The number of hydrogen-bond donors (Lipinski definition) is 2. The van der Waals surface area contributed by atoms with E-state index in [9.17, 15) is 14.4 Å². The van der Waals surface area contributed by atoms with Gasteiger partial charge >= 0.3 is 0 Å². The van der Waals surface area contributed by atoms with Gasteiger partial charge in [-0.15, -0.1) is 0 Å². The van der Waals surface area contributed by atoms with Crippen LogP contribution < -0.4 is 10.6 Å². The second-order valence-corrected chi connectivity index (χ2v) is 7.22. The fourth-order valence-corrected chi connectivity index (χ4v) is 2.48. The van der Waals surface area contributed by atoms with E-state index in [2.05, 4.69) is 31.4 Å². The van der Waals surface area contributed by atoms with Gasteiger partial charge in [0.2, 0.25) is 11.7 Å². The number of ketones is 1. The van der Waals surface area contributed by atoms with Gasteiger partial charge in [-0.3, -0.25) is 14.4 Å². The molecule has 26 heavy (non-hydrogen) atoms. The standard InChI is InChI=1S/C21H24N2O3/c1-14(24)23-18-7-5-6-15(12-18)13-22-20(26)19(25)16-8-10-17(11-9-16)21(2,3)4/h5-12H,13H2,1-4H3,(H,22,26)(H,23,24). The fraction of sp³-hybridized carbons (Fsp3) is 0.286. The highest BCUT2D eigenvalue weighted by atomic mass is 16.2. The van der Waals surface area contributed by atoms with E-state index in [0.717, 1.165) is 11.1 Å². The Labute approximate surface area is 153 Å². The molecule has 0 unspecified atom stereocenters. The summed E-state index contributed by atoms with van der Waals surface area (Å²) < 4.78 is 0. The molecule has 2 aromatic carbocycles. The number of rotatable bonds is 5. The van der Waals surface area contributed by atoms with Gasteiger partial charge in [-0.05, 0) is 28.7 Å². The maximum Gasteiger partial charge on any atom is 0.292 e. The molecule has 2 rings (SSSR count). The highest BCUT2D eigenvalue weighted by molar-refractivity contribution is 6.42. The van der Waals surface area contributed by atoms with Crippen LogP contribution in [0.1, 0.15) is 49.2 Å². The third-order valence-electron chi connectivity index (χ3n) is 3.92. The SMILES string of the molecule is CC(=O)Nc1cccc(CNC(=O)C(=O)c2ccc(C(C)(C)C)cc2)c1. The van der Waals surface area contributed by atoms with Crippen molar-refractivity contribution in [2.75, 3.05) is 5.32 Å². The summed E-state index contributed by atoms with van der Waals surface area (Å²) in [5, 5.41) is 5.30. The minimum absolute atomic E-state index is 0.0112. The average Bonchev–Trinajstić information content (AvgIpc) is 2.58. The molecule has 2 N–H and O–H groups in total. The predicted octanol–water partition coefficient (Wildman–Crippen LogP) is 3.44. The summed E-state index contributed by atoms with van der Waals surface area (Å²) in [5.41, 5.74) is 2.89. The lowest BCUT2D eigenvalue weighted by atomic mass is 9.86. The van der Waals surface area contributed by atoms with E-state index in [1.807, 2.05) is 18.2 Å². The first-order valence-corrected chi connectivity index (χ1v) is 8.46. The van der Waals surface area contributed by atoms with Crippen LogP contribution in [0.4, 0.5) is 5.69 Å². The molecule has 0 saturated heterocycles.